The van der Waals surface area contributed by atoms with Gasteiger partial charge >= 0.3 is 5.97 Å². The van der Waals surface area contributed by atoms with E-state index in [0.29, 0.717) is 26.0 Å². The molecule has 2 heterocycles. The molecule has 0 radical (unpaired) electrons. The Morgan fingerprint density at radius 2 is 2.32 bits per heavy atom. The summed E-state index contributed by atoms with van der Waals surface area (Å²) in [4.78, 5) is 11.4. The van der Waals surface area contributed by atoms with Gasteiger partial charge in [-0.1, -0.05) is 6.42 Å². The second-order valence-corrected chi connectivity index (χ2v) is 5.55. The van der Waals surface area contributed by atoms with Crippen molar-refractivity contribution >= 4 is 5.97 Å². The summed E-state index contributed by atoms with van der Waals surface area (Å²) in [5, 5.41) is 21.1. The molecule has 104 valence electrons. The summed E-state index contributed by atoms with van der Waals surface area (Å²) in [7, 11) is 0. The Morgan fingerprint density at radius 1 is 1.47 bits per heavy atom. The van der Waals surface area contributed by atoms with Crippen LogP contribution in [0.1, 0.15) is 43.8 Å². The standard InChI is InChI=1S/C12H18N4O3/c17-11(18)12(4-2-5-12)8-16-10(13-14-15-16)9-3-1-6-19-7-9/h9H,1-8H2,(H,17,18). The number of ether oxygens (including phenoxy) is 1. The van der Waals surface area contributed by atoms with E-state index >= 15 is 0 Å². The third kappa shape index (κ3) is 2.22. The molecule has 0 amide bonds. The van der Waals surface area contributed by atoms with Crippen LogP contribution in [-0.2, 0) is 16.1 Å². The monoisotopic (exact) mass is 266 g/mol. The number of carbonyl (C=O) groups is 1. The van der Waals surface area contributed by atoms with Crippen molar-refractivity contribution in [3.63, 3.8) is 0 Å². The molecular weight excluding hydrogens is 248 g/mol. The van der Waals surface area contributed by atoms with E-state index in [1.54, 1.807) is 4.68 Å². The molecule has 1 aromatic heterocycles. The number of aliphatic carboxylic acids is 1. The maximum atomic E-state index is 11.4. The topological polar surface area (TPSA) is 90.1 Å². The van der Waals surface area contributed by atoms with Crippen molar-refractivity contribution in [2.45, 2.75) is 44.6 Å². The Labute approximate surface area is 110 Å². The van der Waals surface area contributed by atoms with Crippen LogP contribution in [0.4, 0.5) is 0 Å². The van der Waals surface area contributed by atoms with Crippen molar-refractivity contribution in [2.75, 3.05) is 13.2 Å². The molecule has 1 atom stereocenters. The summed E-state index contributed by atoms with van der Waals surface area (Å²) < 4.78 is 7.13. The Bertz CT molecular complexity index is 463. The molecule has 19 heavy (non-hydrogen) atoms. The minimum Gasteiger partial charge on any atom is -0.481 e. The van der Waals surface area contributed by atoms with Gasteiger partial charge in [0.25, 0.3) is 0 Å². The predicted octanol–water partition coefficient (Wildman–Crippen LogP) is 0.822. The Kier molecular flexibility index (Phi) is 3.22. The van der Waals surface area contributed by atoms with Crippen LogP contribution in [0.5, 0.6) is 0 Å². The molecule has 1 aliphatic carbocycles. The number of nitrogens with zero attached hydrogens (tertiary/aromatic N) is 4. The number of rotatable bonds is 4. The van der Waals surface area contributed by atoms with Gasteiger partial charge in [0.15, 0.2) is 5.82 Å². The van der Waals surface area contributed by atoms with Gasteiger partial charge in [-0.05, 0) is 36.1 Å². The van der Waals surface area contributed by atoms with Crippen LogP contribution in [0.15, 0.2) is 0 Å². The zero-order chi connectivity index (χ0) is 13.3. The van der Waals surface area contributed by atoms with Crippen molar-refractivity contribution in [3.8, 4) is 0 Å². The molecule has 1 saturated heterocycles. The number of carboxylic acids is 1. The lowest BCUT2D eigenvalue weighted by Crippen LogP contribution is -2.42. The Hall–Kier alpha value is -1.50. The lowest BCUT2D eigenvalue weighted by Gasteiger charge is -2.37. The average Bonchev–Trinajstić information content (AvgIpc) is 2.82. The highest BCUT2D eigenvalue weighted by molar-refractivity contribution is 5.75. The van der Waals surface area contributed by atoms with Crippen molar-refractivity contribution in [3.05, 3.63) is 5.82 Å². The highest BCUT2D eigenvalue weighted by Gasteiger charge is 2.45. The van der Waals surface area contributed by atoms with Crippen LogP contribution in [0, 0.1) is 5.41 Å². The summed E-state index contributed by atoms with van der Waals surface area (Å²) in [6, 6.07) is 0. The predicted molar refractivity (Wildman–Crippen MR) is 64.5 cm³/mol. The molecule has 7 heteroatoms. The van der Waals surface area contributed by atoms with E-state index in [1.807, 2.05) is 0 Å². The van der Waals surface area contributed by atoms with Crippen LogP contribution < -0.4 is 0 Å². The fourth-order valence-electron chi connectivity index (χ4n) is 2.89. The quantitative estimate of drug-likeness (QED) is 0.867. The second kappa shape index (κ2) is 4.88. The van der Waals surface area contributed by atoms with E-state index in [2.05, 4.69) is 15.5 Å². The highest BCUT2D eigenvalue weighted by Crippen LogP contribution is 2.43. The van der Waals surface area contributed by atoms with Crippen LogP contribution >= 0.6 is 0 Å². The summed E-state index contributed by atoms with van der Waals surface area (Å²) >= 11 is 0. The maximum absolute atomic E-state index is 11.4. The molecule has 2 fully saturated rings. The number of aromatic nitrogens is 4. The van der Waals surface area contributed by atoms with E-state index in [0.717, 1.165) is 31.7 Å². The number of hydrogen-bond donors (Lipinski definition) is 1. The van der Waals surface area contributed by atoms with Gasteiger partial charge in [0.05, 0.1) is 18.6 Å². The first-order valence-corrected chi connectivity index (χ1v) is 6.78. The molecule has 0 aromatic carbocycles. The largest absolute Gasteiger partial charge is 0.481 e. The minimum atomic E-state index is -0.736. The van der Waals surface area contributed by atoms with E-state index in [-0.39, 0.29) is 5.92 Å². The van der Waals surface area contributed by atoms with Gasteiger partial charge in [-0.25, -0.2) is 4.68 Å². The average molecular weight is 266 g/mol. The first-order chi connectivity index (χ1) is 9.21. The molecular formula is C12H18N4O3. The van der Waals surface area contributed by atoms with Crippen LogP contribution in [-0.4, -0.2) is 44.5 Å². The van der Waals surface area contributed by atoms with Crippen LogP contribution in [0.25, 0.3) is 0 Å². The lowest BCUT2D eigenvalue weighted by molar-refractivity contribution is -0.156. The second-order valence-electron chi connectivity index (χ2n) is 5.55. The van der Waals surface area contributed by atoms with Gasteiger partial charge in [0.1, 0.15) is 0 Å². The zero-order valence-corrected chi connectivity index (χ0v) is 10.8. The zero-order valence-electron chi connectivity index (χ0n) is 10.8. The molecule has 1 unspecified atom stereocenters. The van der Waals surface area contributed by atoms with Crippen molar-refractivity contribution < 1.29 is 14.6 Å². The van der Waals surface area contributed by atoms with Gasteiger partial charge in [-0.3, -0.25) is 4.79 Å². The molecule has 3 rings (SSSR count). The molecule has 2 aliphatic rings. The van der Waals surface area contributed by atoms with E-state index in [9.17, 15) is 9.90 Å². The normalized spacial score (nSPS) is 25.8. The molecule has 1 N–H and O–H groups in total. The lowest BCUT2D eigenvalue weighted by atomic mass is 9.69. The molecule has 0 bridgehead atoms. The van der Waals surface area contributed by atoms with Crippen LogP contribution in [0.2, 0.25) is 0 Å². The van der Waals surface area contributed by atoms with Gasteiger partial charge in [0, 0.05) is 12.5 Å². The SMILES string of the molecule is O=C(O)C1(Cn2nnnc2C2CCCOC2)CCC1. The summed E-state index contributed by atoms with van der Waals surface area (Å²) in [5.74, 6) is 0.224. The Morgan fingerprint density at radius 3 is 2.89 bits per heavy atom. The van der Waals surface area contributed by atoms with Crippen molar-refractivity contribution in [1.29, 1.82) is 0 Å². The minimum absolute atomic E-state index is 0.190. The fourth-order valence-corrected chi connectivity index (χ4v) is 2.89. The van der Waals surface area contributed by atoms with Crippen LogP contribution in [0.3, 0.4) is 0 Å². The van der Waals surface area contributed by atoms with Gasteiger partial charge in [0.2, 0.25) is 0 Å². The third-order valence-corrected chi connectivity index (χ3v) is 4.30. The maximum Gasteiger partial charge on any atom is 0.311 e. The third-order valence-electron chi connectivity index (χ3n) is 4.30. The molecule has 1 aromatic rings. The van der Waals surface area contributed by atoms with Crippen molar-refractivity contribution in [1.82, 2.24) is 20.2 Å². The van der Waals surface area contributed by atoms with Gasteiger partial charge in [-0.15, -0.1) is 5.10 Å². The first-order valence-electron chi connectivity index (χ1n) is 6.78. The van der Waals surface area contributed by atoms with Gasteiger partial charge < -0.3 is 9.84 Å². The smallest absolute Gasteiger partial charge is 0.311 e. The molecule has 7 nitrogen and oxygen atoms in total. The number of carboxylic acid groups (broad SMARTS) is 1. The Balaban J connectivity index is 1.78. The fraction of sp³-hybridized carbons (Fsp3) is 0.833. The van der Waals surface area contributed by atoms with E-state index in [1.165, 1.54) is 0 Å². The summed E-state index contributed by atoms with van der Waals surface area (Å²) in [5.41, 5.74) is -0.667. The van der Waals surface area contributed by atoms with Crippen molar-refractivity contribution in [2.24, 2.45) is 5.41 Å². The molecule has 0 spiro atoms. The number of tetrazole rings is 1. The summed E-state index contributed by atoms with van der Waals surface area (Å²) in [6.45, 7) is 1.79. The highest BCUT2D eigenvalue weighted by atomic mass is 16.5. The number of hydrogen-bond acceptors (Lipinski definition) is 5. The molecule has 1 aliphatic heterocycles. The van der Waals surface area contributed by atoms with E-state index < -0.39 is 11.4 Å². The van der Waals surface area contributed by atoms with E-state index in [4.69, 9.17) is 4.74 Å². The first kappa shape index (κ1) is 12.5. The summed E-state index contributed by atoms with van der Waals surface area (Å²) in [6.07, 6.45) is 4.39. The molecule has 1 saturated carbocycles. The van der Waals surface area contributed by atoms with Gasteiger partial charge in [-0.2, -0.15) is 0 Å².